The van der Waals surface area contributed by atoms with E-state index in [-0.39, 0.29) is 6.42 Å². The van der Waals surface area contributed by atoms with E-state index < -0.39 is 5.97 Å². The second kappa shape index (κ2) is 4.82. The van der Waals surface area contributed by atoms with Gasteiger partial charge >= 0.3 is 5.97 Å². The lowest BCUT2D eigenvalue weighted by Crippen LogP contribution is -2.02. The fraction of sp³-hybridized carbons (Fsp3) is 0.231. The fourth-order valence-corrected chi connectivity index (χ4v) is 2.05. The predicted molar refractivity (Wildman–Crippen MR) is 69.7 cm³/mol. The van der Waals surface area contributed by atoms with Crippen LogP contribution in [0.3, 0.4) is 0 Å². The Kier molecular flexibility index (Phi) is 3.39. The van der Waals surface area contributed by atoms with Crippen LogP contribution in [-0.2, 0) is 18.3 Å². The number of rotatable bonds is 3. The third-order valence-corrected chi connectivity index (χ3v) is 3.24. The van der Waals surface area contributed by atoms with Gasteiger partial charge < -0.3 is 9.67 Å². The van der Waals surface area contributed by atoms with Gasteiger partial charge in [-0.05, 0) is 19.1 Å². The van der Waals surface area contributed by atoms with Crippen LogP contribution in [0.25, 0.3) is 11.4 Å². The molecule has 0 aliphatic heterocycles. The van der Waals surface area contributed by atoms with Crippen molar-refractivity contribution in [3.63, 3.8) is 0 Å². The maximum absolute atomic E-state index is 10.8. The minimum absolute atomic E-state index is 0.0792. The number of carbonyl (C=O) groups is 1. The molecular formula is C13H13ClN2O2. The number of benzene rings is 1. The monoisotopic (exact) mass is 264 g/mol. The van der Waals surface area contributed by atoms with Crippen LogP contribution in [0.4, 0.5) is 0 Å². The van der Waals surface area contributed by atoms with Crippen molar-refractivity contribution >= 4 is 17.6 Å². The zero-order valence-electron chi connectivity index (χ0n) is 10.1. The number of aliphatic carboxylic acids is 1. The highest BCUT2D eigenvalue weighted by molar-refractivity contribution is 6.33. The Labute approximate surface area is 110 Å². The van der Waals surface area contributed by atoms with Crippen LogP contribution in [0.1, 0.15) is 11.4 Å². The number of hydrogen-bond donors (Lipinski definition) is 1. The van der Waals surface area contributed by atoms with Gasteiger partial charge in [0.25, 0.3) is 0 Å². The summed E-state index contributed by atoms with van der Waals surface area (Å²) in [5.41, 5.74) is 2.22. The lowest BCUT2D eigenvalue weighted by molar-refractivity contribution is -0.136. The highest BCUT2D eigenvalue weighted by Crippen LogP contribution is 2.28. The first-order chi connectivity index (χ1) is 8.50. The minimum atomic E-state index is -0.887. The number of carboxylic acid groups (broad SMARTS) is 1. The lowest BCUT2D eigenvalue weighted by atomic mass is 10.2. The first-order valence-corrected chi connectivity index (χ1v) is 5.87. The van der Waals surface area contributed by atoms with Gasteiger partial charge in [0.2, 0.25) is 0 Å². The Morgan fingerprint density at radius 3 is 2.72 bits per heavy atom. The van der Waals surface area contributed by atoms with Crippen molar-refractivity contribution in [2.75, 3.05) is 0 Å². The Morgan fingerprint density at radius 1 is 1.44 bits per heavy atom. The van der Waals surface area contributed by atoms with E-state index >= 15 is 0 Å². The molecule has 5 heteroatoms. The largest absolute Gasteiger partial charge is 0.481 e. The molecule has 2 aromatic rings. The summed E-state index contributed by atoms with van der Waals surface area (Å²) in [6.07, 6.45) is -0.0792. The van der Waals surface area contributed by atoms with Gasteiger partial charge in [0, 0.05) is 18.3 Å². The van der Waals surface area contributed by atoms with Gasteiger partial charge in [-0.2, -0.15) is 0 Å². The molecular weight excluding hydrogens is 252 g/mol. The normalized spacial score (nSPS) is 10.6. The zero-order valence-corrected chi connectivity index (χ0v) is 10.9. The third-order valence-electron chi connectivity index (χ3n) is 2.91. The van der Waals surface area contributed by atoms with Crippen molar-refractivity contribution < 1.29 is 9.90 Å². The average Bonchev–Trinajstić information content (AvgIpc) is 2.58. The fourth-order valence-electron chi connectivity index (χ4n) is 1.83. The van der Waals surface area contributed by atoms with Gasteiger partial charge in [-0.15, -0.1) is 0 Å². The molecule has 0 radical (unpaired) electrons. The first kappa shape index (κ1) is 12.6. The Morgan fingerprint density at radius 2 is 2.11 bits per heavy atom. The van der Waals surface area contributed by atoms with Crippen LogP contribution < -0.4 is 0 Å². The van der Waals surface area contributed by atoms with Crippen molar-refractivity contribution in [1.82, 2.24) is 9.55 Å². The van der Waals surface area contributed by atoms with Gasteiger partial charge in [0.15, 0.2) is 0 Å². The molecule has 0 fully saturated rings. The molecule has 0 amide bonds. The number of carboxylic acids is 1. The maximum atomic E-state index is 10.8. The summed E-state index contributed by atoms with van der Waals surface area (Å²) in [4.78, 5) is 15.1. The average molecular weight is 265 g/mol. The Balaban J connectivity index is 2.53. The number of hydrogen-bond acceptors (Lipinski definition) is 2. The summed E-state index contributed by atoms with van der Waals surface area (Å²) in [5.74, 6) is -0.198. The number of nitrogens with zero attached hydrogens (tertiary/aromatic N) is 2. The summed E-state index contributed by atoms with van der Waals surface area (Å²) in [6.45, 7) is 1.85. The standard InChI is InChI=1S/C13H13ClN2O2/c1-8-11(7-12(17)18)15-13(16(8)2)9-5-3-4-6-10(9)14/h3-6H,7H2,1-2H3,(H,17,18). The van der Waals surface area contributed by atoms with E-state index in [4.69, 9.17) is 16.7 Å². The molecule has 4 nitrogen and oxygen atoms in total. The van der Waals surface area contributed by atoms with E-state index in [0.29, 0.717) is 16.5 Å². The van der Waals surface area contributed by atoms with E-state index in [9.17, 15) is 4.79 Å². The summed E-state index contributed by atoms with van der Waals surface area (Å²) in [7, 11) is 1.85. The molecule has 18 heavy (non-hydrogen) atoms. The van der Waals surface area contributed by atoms with Crippen LogP contribution in [0.15, 0.2) is 24.3 Å². The molecule has 0 unspecified atom stereocenters. The number of imidazole rings is 1. The summed E-state index contributed by atoms with van der Waals surface area (Å²) >= 11 is 6.13. The zero-order chi connectivity index (χ0) is 13.3. The first-order valence-electron chi connectivity index (χ1n) is 5.49. The van der Waals surface area contributed by atoms with Gasteiger partial charge in [0.1, 0.15) is 5.82 Å². The van der Waals surface area contributed by atoms with Gasteiger partial charge in [-0.3, -0.25) is 4.79 Å². The third kappa shape index (κ3) is 2.24. The molecule has 0 atom stereocenters. The molecule has 2 rings (SSSR count). The smallest absolute Gasteiger partial charge is 0.309 e. The van der Waals surface area contributed by atoms with Crippen LogP contribution in [-0.4, -0.2) is 20.6 Å². The highest BCUT2D eigenvalue weighted by atomic mass is 35.5. The Bertz CT molecular complexity index is 605. The topological polar surface area (TPSA) is 55.1 Å². The molecule has 0 spiro atoms. The molecule has 1 heterocycles. The number of halogens is 1. The summed E-state index contributed by atoms with van der Waals surface area (Å²) < 4.78 is 1.86. The van der Waals surface area contributed by atoms with E-state index in [1.165, 1.54) is 0 Å². The molecule has 0 saturated carbocycles. The van der Waals surface area contributed by atoms with Gasteiger partial charge in [-0.1, -0.05) is 23.7 Å². The lowest BCUT2D eigenvalue weighted by Gasteiger charge is -2.04. The van der Waals surface area contributed by atoms with Crippen molar-refractivity contribution in [2.24, 2.45) is 7.05 Å². The maximum Gasteiger partial charge on any atom is 0.309 e. The van der Waals surface area contributed by atoms with Crippen molar-refractivity contribution in [1.29, 1.82) is 0 Å². The molecule has 1 N–H and O–H groups in total. The predicted octanol–water partition coefficient (Wildman–Crippen LogP) is 2.68. The summed E-state index contributed by atoms with van der Waals surface area (Å²) in [5, 5.41) is 9.45. The minimum Gasteiger partial charge on any atom is -0.481 e. The quantitative estimate of drug-likeness (QED) is 0.927. The van der Waals surface area contributed by atoms with Crippen LogP contribution in [0.2, 0.25) is 5.02 Å². The van der Waals surface area contributed by atoms with Crippen LogP contribution >= 0.6 is 11.6 Å². The van der Waals surface area contributed by atoms with Crippen molar-refractivity contribution in [3.8, 4) is 11.4 Å². The molecule has 0 bridgehead atoms. The van der Waals surface area contributed by atoms with Crippen LogP contribution in [0, 0.1) is 6.92 Å². The van der Waals surface area contributed by atoms with Gasteiger partial charge in [0.05, 0.1) is 17.1 Å². The highest BCUT2D eigenvalue weighted by Gasteiger charge is 2.16. The molecule has 0 saturated heterocycles. The van der Waals surface area contributed by atoms with Gasteiger partial charge in [-0.25, -0.2) is 4.98 Å². The second-order valence-corrected chi connectivity index (χ2v) is 4.48. The SMILES string of the molecule is Cc1c(CC(=O)O)nc(-c2ccccc2Cl)n1C. The Hall–Kier alpha value is -1.81. The van der Waals surface area contributed by atoms with Crippen molar-refractivity contribution in [3.05, 3.63) is 40.7 Å². The van der Waals surface area contributed by atoms with Crippen LogP contribution in [0.5, 0.6) is 0 Å². The van der Waals surface area contributed by atoms with E-state index in [2.05, 4.69) is 4.98 Å². The second-order valence-electron chi connectivity index (χ2n) is 4.08. The van der Waals surface area contributed by atoms with E-state index in [1.54, 1.807) is 6.07 Å². The van der Waals surface area contributed by atoms with E-state index in [1.807, 2.05) is 36.7 Å². The summed E-state index contributed by atoms with van der Waals surface area (Å²) in [6, 6.07) is 7.38. The molecule has 0 aliphatic rings. The number of aromatic nitrogens is 2. The van der Waals surface area contributed by atoms with E-state index in [0.717, 1.165) is 11.3 Å². The molecule has 94 valence electrons. The van der Waals surface area contributed by atoms with Crippen molar-refractivity contribution in [2.45, 2.75) is 13.3 Å². The molecule has 0 aliphatic carbocycles. The molecule has 1 aromatic carbocycles. The molecule has 1 aromatic heterocycles.